The van der Waals surface area contributed by atoms with Crippen LogP contribution < -0.4 is 15.0 Å². The zero-order chi connectivity index (χ0) is 43.6. The van der Waals surface area contributed by atoms with Gasteiger partial charge in [-0.15, -0.1) is 0 Å². The molecule has 0 spiro atoms. The normalized spacial score (nSPS) is 21.1. The highest BCUT2D eigenvalue weighted by atomic mass is 19.4. The summed E-state index contributed by atoms with van der Waals surface area (Å²) in [4.78, 5) is 48.5. The molecule has 2 aromatic heterocycles. The van der Waals surface area contributed by atoms with Crippen molar-refractivity contribution < 1.29 is 74.0 Å². The Labute approximate surface area is 328 Å². The van der Waals surface area contributed by atoms with Crippen molar-refractivity contribution in [1.82, 2.24) is 25.2 Å². The van der Waals surface area contributed by atoms with Crippen molar-refractivity contribution in [3.8, 4) is 23.0 Å². The summed E-state index contributed by atoms with van der Waals surface area (Å²) >= 11 is 0. The largest absolute Gasteiger partial charge is 0.508 e. The number of nitrogens with one attached hydrogen (secondary N) is 1. The number of rotatable bonds is 3. The molecule has 6 bridgehead atoms. The van der Waals surface area contributed by atoms with Gasteiger partial charge >= 0.3 is 30.3 Å². The molecule has 6 heterocycles. The van der Waals surface area contributed by atoms with E-state index in [-0.39, 0.29) is 59.9 Å². The molecule has 13 nitrogen and oxygen atoms in total. The van der Waals surface area contributed by atoms with Crippen LogP contribution in [0.25, 0.3) is 32.9 Å². The number of hydrogen-bond donors (Lipinski definition) is 4. The van der Waals surface area contributed by atoms with Gasteiger partial charge in [0.1, 0.15) is 41.4 Å². The van der Waals surface area contributed by atoms with Crippen molar-refractivity contribution in [3.05, 3.63) is 47.7 Å². The summed E-state index contributed by atoms with van der Waals surface area (Å²) in [5.41, 5.74) is -0.200. The van der Waals surface area contributed by atoms with E-state index in [0.29, 0.717) is 60.0 Å². The first-order valence-corrected chi connectivity index (χ1v) is 17.9. The summed E-state index contributed by atoms with van der Waals surface area (Å²) in [5.74, 6) is -6.61. The number of halogens is 9. The molecule has 1 amide bonds. The van der Waals surface area contributed by atoms with Crippen LogP contribution in [-0.4, -0.2) is 116 Å². The zero-order valence-electron chi connectivity index (χ0n) is 31.2. The van der Waals surface area contributed by atoms with Gasteiger partial charge in [-0.05, 0) is 80.6 Å². The van der Waals surface area contributed by atoms with Gasteiger partial charge in [-0.2, -0.15) is 36.3 Å². The molecule has 4 aliphatic heterocycles. The number of aromatic hydroxyl groups is 1. The number of piperidine rings is 1. The number of phenols is 1. The molecular weight excluding hydrogens is 811 g/mol. The molecule has 0 aliphatic carbocycles. The monoisotopic (exact) mass is 848 g/mol. The number of amides is 1. The molecule has 0 radical (unpaired) electrons. The van der Waals surface area contributed by atoms with Gasteiger partial charge in [-0.3, -0.25) is 14.7 Å². The van der Waals surface area contributed by atoms with E-state index >= 15 is 8.78 Å². The van der Waals surface area contributed by atoms with Gasteiger partial charge in [0.05, 0.1) is 10.9 Å². The molecule has 0 unspecified atom stereocenters. The number of benzene rings is 2. The Morgan fingerprint density at radius 2 is 1.68 bits per heavy atom. The van der Waals surface area contributed by atoms with Crippen molar-refractivity contribution in [1.29, 1.82) is 0 Å². The minimum absolute atomic E-state index is 0.0407. The predicted molar refractivity (Wildman–Crippen MR) is 192 cm³/mol. The lowest BCUT2D eigenvalue weighted by atomic mass is 9.90. The highest BCUT2D eigenvalue weighted by molar-refractivity contribution is 6.02. The SMILES string of the molecule is CN1C[C@H](F)C[C@H]1COc1nc2c3cnc(c(F)c3n1)-c1cc(O)cc3ccc(F)c(c13)CCCC(=O)N[C@]1(C)CCCN2C1.O=C(O)C(F)(F)F.O=C(O)C(F)(F)F. The Balaban J connectivity index is 0.000000407. The van der Waals surface area contributed by atoms with Gasteiger partial charge in [0.25, 0.3) is 0 Å². The zero-order valence-corrected chi connectivity index (χ0v) is 31.2. The maximum absolute atomic E-state index is 16.8. The first-order chi connectivity index (χ1) is 27.5. The van der Waals surface area contributed by atoms with E-state index in [1.807, 2.05) is 23.8 Å². The van der Waals surface area contributed by atoms with Crippen LogP contribution in [0.5, 0.6) is 11.8 Å². The van der Waals surface area contributed by atoms with Gasteiger partial charge in [0.15, 0.2) is 5.82 Å². The molecule has 22 heteroatoms. The number of likely N-dealkylation sites (tertiary alicyclic amines) is 1. The number of hydrogen-bond acceptors (Lipinski definition) is 10. The smallest absolute Gasteiger partial charge is 0.490 e. The molecule has 320 valence electrons. The average molecular weight is 849 g/mol. The van der Waals surface area contributed by atoms with Crippen LogP contribution >= 0.6 is 0 Å². The fourth-order valence-corrected chi connectivity index (χ4v) is 7.17. The number of carbonyl (C=O) groups is 3. The number of aliphatic carboxylic acids is 2. The summed E-state index contributed by atoms with van der Waals surface area (Å²) in [6.07, 6.45) is -7.04. The molecule has 2 aromatic carbocycles. The number of carbonyl (C=O) groups excluding carboxylic acids is 1. The molecule has 4 aliphatic rings. The lowest BCUT2D eigenvalue weighted by molar-refractivity contribution is -0.193. The van der Waals surface area contributed by atoms with Crippen molar-refractivity contribution in [2.75, 3.05) is 38.2 Å². The van der Waals surface area contributed by atoms with Gasteiger partial charge in [0, 0.05) is 43.9 Å². The lowest BCUT2D eigenvalue weighted by Gasteiger charge is -2.42. The number of carboxylic acid groups (broad SMARTS) is 2. The highest BCUT2D eigenvalue weighted by Gasteiger charge is 2.39. The number of anilines is 1. The number of alkyl halides is 7. The van der Waals surface area contributed by atoms with E-state index in [1.165, 1.54) is 30.5 Å². The van der Waals surface area contributed by atoms with Crippen molar-refractivity contribution >= 4 is 45.3 Å². The third kappa shape index (κ3) is 10.5. The Bertz CT molecular complexity index is 2220. The maximum Gasteiger partial charge on any atom is 0.490 e. The standard InChI is InChI=1S/C33H35F3N6O3.2C2HF3O2/c1-33-9-4-10-42(17-33)31-24-14-37-29(28(36)30(24)38-32(39-31)45-16-20-12-19(34)15-41(20)2)23-13-21(43)11-18-7-8-25(35)22(27(18)23)5-3-6-26(44)40-33;2*3-2(4,5)1(6)7/h7-8,11,13-14,19-20,43H,3-6,9-10,12,15-17H2,1-2H3,(H,40,44);2*(H,6,7)/t19-,20+,33-;;/m1../s1. The quantitative estimate of drug-likeness (QED) is 0.169. The number of carboxylic acids is 2. The van der Waals surface area contributed by atoms with Crippen LogP contribution in [-0.2, 0) is 20.8 Å². The number of pyridine rings is 1. The van der Waals surface area contributed by atoms with Gasteiger partial charge in [-0.25, -0.2) is 22.8 Å². The summed E-state index contributed by atoms with van der Waals surface area (Å²) < 4.78 is 116. The van der Waals surface area contributed by atoms with Crippen LogP contribution in [0.3, 0.4) is 0 Å². The first-order valence-electron chi connectivity index (χ1n) is 17.9. The number of nitrogens with zero attached hydrogens (tertiary/aromatic N) is 5. The van der Waals surface area contributed by atoms with Gasteiger partial charge in [-0.1, -0.05) is 6.07 Å². The van der Waals surface area contributed by atoms with Crippen LogP contribution in [0.1, 0.15) is 44.6 Å². The first kappa shape index (κ1) is 44.4. The van der Waals surface area contributed by atoms with E-state index in [4.69, 9.17) is 29.5 Å². The van der Waals surface area contributed by atoms with E-state index in [0.717, 1.165) is 12.8 Å². The summed E-state index contributed by atoms with van der Waals surface area (Å²) in [5, 5.41) is 29.3. The molecule has 3 atom stereocenters. The Morgan fingerprint density at radius 3 is 2.29 bits per heavy atom. The van der Waals surface area contributed by atoms with E-state index in [2.05, 4.69) is 15.3 Å². The van der Waals surface area contributed by atoms with Gasteiger partial charge < -0.3 is 30.3 Å². The summed E-state index contributed by atoms with van der Waals surface area (Å²) in [7, 11) is 1.83. The predicted octanol–water partition coefficient (Wildman–Crippen LogP) is 6.33. The Morgan fingerprint density at radius 1 is 1.02 bits per heavy atom. The summed E-state index contributed by atoms with van der Waals surface area (Å²) in [6.45, 7) is 3.42. The summed E-state index contributed by atoms with van der Waals surface area (Å²) in [6, 6.07) is 5.47. The van der Waals surface area contributed by atoms with Crippen molar-refractivity contribution in [3.63, 3.8) is 0 Å². The maximum atomic E-state index is 16.8. The fraction of sp³-hybridized carbons (Fsp3) is 0.459. The number of aryl methyl sites for hydroxylation is 1. The Hall–Kier alpha value is -5.67. The molecule has 2 fully saturated rings. The average Bonchev–Trinajstić information content (AvgIpc) is 3.46. The fourth-order valence-electron chi connectivity index (χ4n) is 7.17. The van der Waals surface area contributed by atoms with E-state index < -0.39 is 47.6 Å². The van der Waals surface area contributed by atoms with Crippen LogP contribution in [0, 0.1) is 11.6 Å². The number of fused-ring (bicyclic) bond motifs is 5. The minimum atomic E-state index is -5.08. The Kier molecular flexibility index (Phi) is 13.0. The topological polar surface area (TPSA) is 178 Å². The molecule has 4 N–H and O–H groups in total. The van der Waals surface area contributed by atoms with Gasteiger partial charge in [0.2, 0.25) is 5.91 Å². The number of likely N-dealkylation sites (N-methyl/N-ethyl adjacent to an activating group) is 1. The molecular formula is C37H37F9N6O7. The van der Waals surface area contributed by atoms with E-state index in [9.17, 15) is 40.6 Å². The molecule has 4 aromatic rings. The van der Waals surface area contributed by atoms with Crippen LogP contribution in [0.4, 0.5) is 45.3 Å². The molecule has 2 saturated heterocycles. The lowest BCUT2D eigenvalue weighted by Crippen LogP contribution is -2.57. The van der Waals surface area contributed by atoms with Crippen molar-refractivity contribution in [2.24, 2.45) is 0 Å². The van der Waals surface area contributed by atoms with Crippen LogP contribution in [0.15, 0.2) is 30.5 Å². The second kappa shape index (κ2) is 17.3. The van der Waals surface area contributed by atoms with Crippen molar-refractivity contribution in [2.45, 2.75) is 75.6 Å². The third-order valence-electron chi connectivity index (χ3n) is 9.85. The number of phenolic OH excluding ortho intramolecular Hbond substituents is 1. The number of ether oxygens (including phenoxy) is 1. The molecule has 8 rings (SSSR count). The second-order valence-electron chi connectivity index (χ2n) is 14.5. The molecule has 59 heavy (non-hydrogen) atoms. The minimum Gasteiger partial charge on any atom is -0.508 e. The molecule has 0 saturated carbocycles. The third-order valence-corrected chi connectivity index (χ3v) is 9.85. The van der Waals surface area contributed by atoms with E-state index in [1.54, 1.807) is 0 Å². The second-order valence-corrected chi connectivity index (χ2v) is 14.5. The highest BCUT2D eigenvalue weighted by Crippen LogP contribution is 2.40. The van der Waals surface area contributed by atoms with Crippen LogP contribution in [0.2, 0.25) is 0 Å². The number of aromatic nitrogens is 3.